The lowest BCUT2D eigenvalue weighted by Gasteiger charge is -2.12. The van der Waals surface area contributed by atoms with Gasteiger partial charge in [-0.25, -0.2) is 0 Å². The summed E-state index contributed by atoms with van der Waals surface area (Å²) < 4.78 is 48.3. The Bertz CT molecular complexity index is 799. The third kappa shape index (κ3) is 6.06. The number of alkyl halides is 3. The predicted octanol–water partition coefficient (Wildman–Crippen LogP) is 4.44. The summed E-state index contributed by atoms with van der Waals surface area (Å²) in [5.74, 6) is 0.533. The maximum Gasteiger partial charge on any atom is 0.416 e. The van der Waals surface area contributed by atoms with Crippen molar-refractivity contribution in [1.29, 1.82) is 0 Å². The Labute approximate surface area is 155 Å². The maximum absolute atomic E-state index is 12.5. The van der Waals surface area contributed by atoms with Crippen LogP contribution in [0.25, 0.3) is 6.08 Å². The van der Waals surface area contributed by atoms with E-state index in [-0.39, 0.29) is 13.2 Å². The SMILES string of the molecule is C/C=C/c1ccc(OCC(=O)NCc2ccc(C(F)(F)F)cc2)c(OC)c1. The molecule has 0 aliphatic heterocycles. The zero-order valence-corrected chi connectivity index (χ0v) is 15.0. The molecule has 0 bridgehead atoms. The van der Waals surface area contributed by atoms with E-state index in [1.54, 1.807) is 12.1 Å². The monoisotopic (exact) mass is 379 g/mol. The van der Waals surface area contributed by atoms with Gasteiger partial charge < -0.3 is 14.8 Å². The molecule has 7 heteroatoms. The Balaban J connectivity index is 1.87. The van der Waals surface area contributed by atoms with Gasteiger partial charge in [-0.3, -0.25) is 4.79 Å². The van der Waals surface area contributed by atoms with Gasteiger partial charge in [0.1, 0.15) is 0 Å². The van der Waals surface area contributed by atoms with E-state index in [0.29, 0.717) is 17.1 Å². The third-order valence-corrected chi connectivity index (χ3v) is 3.68. The molecule has 0 aliphatic rings. The quantitative estimate of drug-likeness (QED) is 0.774. The van der Waals surface area contributed by atoms with Crippen LogP contribution in [-0.2, 0) is 17.5 Å². The lowest BCUT2D eigenvalue weighted by molar-refractivity contribution is -0.137. The summed E-state index contributed by atoms with van der Waals surface area (Å²) in [6.45, 7) is 1.77. The van der Waals surface area contributed by atoms with Crippen LogP contribution in [-0.4, -0.2) is 19.6 Å². The molecule has 0 fully saturated rings. The number of halogens is 3. The second kappa shape index (κ2) is 9.12. The standard InChI is InChI=1S/C20H20F3NO3/c1-3-4-14-7-10-17(18(11-14)26-2)27-13-19(25)24-12-15-5-8-16(9-6-15)20(21,22)23/h3-11H,12-13H2,1-2H3,(H,24,25)/b4-3+. The van der Waals surface area contributed by atoms with Crippen molar-refractivity contribution >= 4 is 12.0 Å². The predicted molar refractivity (Wildman–Crippen MR) is 96.5 cm³/mol. The zero-order chi connectivity index (χ0) is 19.9. The minimum atomic E-state index is -4.38. The van der Waals surface area contributed by atoms with Crippen LogP contribution in [0.1, 0.15) is 23.6 Å². The first-order valence-electron chi connectivity index (χ1n) is 8.20. The summed E-state index contributed by atoms with van der Waals surface area (Å²) in [4.78, 5) is 11.9. The first-order valence-corrected chi connectivity index (χ1v) is 8.20. The van der Waals surface area contributed by atoms with E-state index in [2.05, 4.69) is 5.32 Å². The van der Waals surface area contributed by atoms with Crippen molar-refractivity contribution < 1.29 is 27.4 Å². The smallest absolute Gasteiger partial charge is 0.416 e. The number of ether oxygens (including phenoxy) is 2. The number of rotatable bonds is 7. The van der Waals surface area contributed by atoms with Crippen molar-refractivity contribution in [3.05, 3.63) is 65.2 Å². The first-order chi connectivity index (χ1) is 12.8. The van der Waals surface area contributed by atoms with Crippen LogP contribution in [0.5, 0.6) is 11.5 Å². The molecule has 0 heterocycles. The van der Waals surface area contributed by atoms with Gasteiger partial charge >= 0.3 is 6.18 Å². The Morgan fingerprint density at radius 2 is 1.81 bits per heavy atom. The summed E-state index contributed by atoms with van der Waals surface area (Å²) in [5, 5.41) is 2.60. The number of allylic oxidation sites excluding steroid dienone is 1. The van der Waals surface area contributed by atoms with Gasteiger partial charge in [-0.1, -0.05) is 30.4 Å². The molecule has 2 aromatic carbocycles. The number of hydrogen-bond donors (Lipinski definition) is 1. The highest BCUT2D eigenvalue weighted by Gasteiger charge is 2.29. The van der Waals surface area contributed by atoms with Crippen LogP contribution in [0.15, 0.2) is 48.5 Å². The van der Waals surface area contributed by atoms with Crippen molar-refractivity contribution in [3.63, 3.8) is 0 Å². The Kier molecular flexibility index (Phi) is 6.87. The molecule has 2 aromatic rings. The van der Waals surface area contributed by atoms with Crippen LogP contribution in [0.3, 0.4) is 0 Å². The number of benzene rings is 2. The van der Waals surface area contributed by atoms with E-state index in [0.717, 1.165) is 17.7 Å². The molecule has 27 heavy (non-hydrogen) atoms. The molecule has 0 unspecified atom stereocenters. The number of hydrogen-bond acceptors (Lipinski definition) is 3. The van der Waals surface area contributed by atoms with E-state index >= 15 is 0 Å². The summed E-state index contributed by atoms with van der Waals surface area (Å²) in [7, 11) is 1.51. The van der Waals surface area contributed by atoms with E-state index in [1.807, 2.05) is 25.1 Å². The van der Waals surface area contributed by atoms with Gasteiger partial charge in [0.2, 0.25) is 0 Å². The highest BCUT2D eigenvalue weighted by molar-refractivity contribution is 5.77. The summed E-state index contributed by atoms with van der Waals surface area (Å²) >= 11 is 0. The van der Waals surface area contributed by atoms with Gasteiger partial charge in [0.15, 0.2) is 18.1 Å². The average molecular weight is 379 g/mol. The fraction of sp³-hybridized carbons (Fsp3) is 0.250. The van der Waals surface area contributed by atoms with Crippen LogP contribution < -0.4 is 14.8 Å². The van der Waals surface area contributed by atoms with Crippen molar-refractivity contribution in [3.8, 4) is 11.5 Å². The molecule has 1 amide bonds. The van der Waals surface area contributed by atoms with Gasteiger partial charge in [0.05, 0.1) is 12.7 Å². The maximum atomic E-state index is 12.5. The van der Waals surface area contributed by atoms with E-state index in [9.17, 15) is 18.0 Å². The van der Waals surface area contributed by atoms with E-state index in [4.69, 9.17) is 9.47 Å². The van der Waals surface area contributed by atoms with Crippen LogP contribution in [0.2, 0.25) is 0 Å². The Hall–Kier alpha value is -2.96. The van der Waals surface area contributed by atoms with Crippen molar-refractivity contribution in [2.24, 2.45) is 0 Å². The molecule has 2 rings (SSSR count). The first kappa shape index (κ1) is 20.4. The number of amides is 1. The molecule has 0 atom stereocenters. The minimum Gasteiger partial charge on any atom is -0.493 e. The molecule has 0 saturated carbocycles. The molecule has 1 N–H and O–H groups in total. The van der Waals surface area contributed by atoms with Gasteiger partial charge in [-0.2, -0.15) is 13.2 Å². The van der Waals surface area contributed by atoms with Crippen LogP contribution in [0, 0.1) is 0 Å². The number of nitrogens with one attached hydrogen (secondary N) is 1. The number of carbonyl (C=O) groups is 1. The third-order valence-electron chi connectivity index (χ3n) is 3.68. The Morgan fingerprint density at radius 1 is 1.11 bits per heavy atom. The second-order valence-corrected chi connectivity index (χ2v) is 5.67. The minimum absolute atomic E-state index is 0.109. The number of methoxy groups -OCH3 is 1. The van der Waals surface area contributed by atoms with Gasteiger partial charge in [-0.05, 0) is 42.3 Å². The van der Waals surface area contributed by atoms with Gasteiger partial charge in [0, 0.05) is 6.54 Å². The molecular formula is C20H20F3NO3. The van der Waals surface area contributed by atoms with Crippen LogP contribution in [0.4, 0.5) is 13.2 Å². The fourth-order valence-electron chi connectivity index (χ4n) is 2.31. The normalized spacial score (nSPS) is 11.4. The molecule has 0 spiro atoms. The summed E-state index contributed by atoms with van der Waals surface area (Å²) in [6.07, 6.45) is -0.579. The van der Waals surface area contributed by atoms with E-state index < -0.39 is 17.6 Å². The molecule has 144 valence electrons. The fourth-order valence-corrected chi connectivity index (χ4v) is 2.31. The second-order valence-electron chi connectivity index (χ2n) is 5.67. The molecule has 4 nitrogen and oxygen atoms in total. The topological polar surface area (TPSA) is 47.6 Å². The Morgan fingerprint density at radius 3 is 2.41 bits per heavy atom. The summed E-state index contributed by atoms with van der Waals surface area (Å²) in [6, 6.07) is 9.94. The largest absolute Gasteiger partial charge is 0.493 e. The highest BCUT2D eigenvalue weighted by atomic mass is 19.4. The van der Waals surface area contributed by atoms with Crippen molar-refractivity contribution in [2.45, 2.75) is 19.6 Å². The molecule has 0 saturated heterocycles. The highest BCUT2D eigenvalue weighted by Crippen LogP contribution is 2.29. The molecule has 0 aromatic heterocycles. The number of carbonyl (C=O) groups excluding carboxylic acids is 1. The van der Waals surface area contributed by atoms with Gasteiger partial charge in [-0.15, -0.1) is 0 Å². The van der Waals surface area contributed by atoms with Crippen molar-refractivity contribution in [2.75, 3.05) is 13.7 Å². The van der Waals surface area contributed by atoms with Gasteiger partial charge in [0.25, 0.3) is 5.91 Å². The molecule has 0 radical (unpaired) electrons. The molecular weight excluding hydrogens is 359 g/mol. The zero-order valence-electron chi connectivity index (χ0n) is 15.0. The summed E-state index contributed by atoms with van der Waals surface area (Å²) in [5.41, 5.74) is 0.771. The van der Waals surface area contributed by atoms with Crippen LogP contribution >= 0.6 is 0 Å². The molecule has 0 aliphatic carbocycles. The average Bonchev–Trinajstić information content (AvgIpc) is 2.65. The lowest BCUT2D eigenvalue weighted by atomic mass is 10.1. The van der Waals surface area contributed by atoms with Crippen molar-refractivity contribution in [1.82, 2.24) is 5.32 Å². The lowest BCUT2D eigenvalue weighted by Crippen LogP contribution is -2.28. The van der Waals surface area contributed by atoms with E-state index in [1.165, 1.54) is 19.2 Å².